The Hall–Kier alpha value is -0.553. The minimum atomic E-state index is -1.82. The quantitative estimate of drug-likeness (QED) is 0.514. The van der Waals surface area contributed by atoms with Gasteiger partial charge in [0.25, 0.3) is 0 Å². The molecule has 0 unspecified atom stereocenters. The van der Waals surface area contributed by atoms with Crippen LogP contribution in [0, 0.1) is 0 Å². The van der Waals surface area contributed by atoms with Gasteiger partial charge in [-0.3, -0.25) is 4.90 Å². The van der Waals surface area contributed by atoms with E-state index in [1.165, 1.54) is 6.42 Å². The van der Waals surface area contributed by atoms with Crippen molar-refractivity contribution in [3.05, 3.63) is 0 Å². The first-order valence-corrected chi connectivity index (χ1v) is 12.5. The molecule has 5 heteroatoms. The van der Waals surface area contributed by atoms with E-state index in [2.05, 4.69) is 48.5 Å². The van der Waals surface area contributed by atoms with Crippen LogP contribution in [0.2, 0.25) is 16.6 Å². The molecule has 0 aromatic heterocycles. The fraction of sp³-hybridized carbons (Fsp3) is 0.950. The van der Waals surface area contributed by atoms with Crippen LogP contribution in [0.4, 0.5) is 4.79 Å². The average molecular weight is 370 g/mol. The number of piperidine rings is 1. The number of hydrogen-bond acceptors (Lipinski definition) is 3. The van der Waals surface area contributed by atoms with Crippen molar-refractivity contribution < 1.29 is 14.0 Å². The molecular weight excluding hydrogens is 330 g/mol. The molecule has 4 nitrogen and oxygen atoms in total. The smallest absolute Gasteiger partial charge is 0.410 e. The number of carbonyl (C=O) groups is 1. The van der Waals surface area contributed by atoms with Gasteiger partial charge in [0.05, 0.1) is 6.04 Å². The topological polar surface area (TPSA) is 38.8 Å². The van der Waals surface area contributed by atoms with Crippen LogP contribution in [-0.4, -0.2) is 44.1 Å². The van der Waals surface area contributed by atoms with Crippen molar-refractivity contribution in [3.63, 3.8) is 0 Å². The van der Waals surface area contributed by atoms with Gasteiger partial charge in [-0.05, 0) is 48.7 Å². The van der Waals surface area contributed by atoms with Crippen molar-refractivity contribution in [2.45, 2.75) is 115 Å². The van der Waals surface area contributed by atoms with Crippen LogP contribution in [0.5, 0.6) is 0 Å². The zero-order valence-electron chi connectivity index (χ0n) is 17.4. The number of rotatable bonds is 8. The molecule has 0 radical (unpaired) electrons. The lowest BCUT2D eigenvalue weighted by Crippen LogP contribution is -2.50. The van der Waals surface area contributed by atoms with E-state index in [1.807, 2.05) is 4.90 Å². The van der Waals surface area contributed by atoms with E-state index in [9.17, 15) is 4.79 Å². The molecular formula is C20H39NO3Si. The molecule has 0 aromatic rings. The number of nitrogens with zero attached hydrogens (tertiary/aromatic N) is 1. The lowest BCUT2D eigenvalue weighted by atomic mass is 9.91. The number of ether oxygens (including phenoxy) is 1. The van der Waals surface area contributed by atoms with Gasteiger partial charge in [0.15, 0.2) is 8.32 Å². The lowest BCUT2D eigenvalue weighted by Gasteiger charge is -2.43. The minimum Gasteiger partial charge on any atom is -0.444 e. The largest absolute Gasteiger partial charge is 0.444 e. The Morgan fingerprint density at radius 3 is 2.24 bits per heavy atom. The predicted octanol–water partition coefficient (Wildman–Crippen LogP) is 5.72. The summed E-state index contributed by atoms with van der Waals surface area (Å²) in [5.74, 6) is 0. The molecule has 3 atom stereocenters. The van der Waals surface area contributed by atoms with E-state index in [0.717, 1.165) is 32.3 Å². The molecule has 2 rings (SSSR count). The van der Waals surface area contributed by atoms with Gasteiger partial charge in [-0.2, -0.15) is 0 Å². The van der Waals surface area contributed by atoms with Crippen molar-refractivity contribution in [3.8, 4) is 0 Å². The summed E-state index contributed by atoms with van der Waals surface area (Å²) in [5, 5.41) is 0. The number of amides is 1. The van der Waals surface area contributed by atoms with Gasteiger partial charge >= 0.3 is 6.09 Å². The third-order valence-corrected chi connectivity index (χ3v) is 12.7. The van der Waals surface area contributed by atoms with Gasteiger partial charge in [0, 0.05) is 12.6 Å². The Balaban J connectivity index is 2.01. The van der Waals surface area contributed by atoms with E-state index >= 15 is 0 Å². The van der Waals surface area contributed by atoms with Gasteiger partial charge in [-0.1, -0.05) is 48.5 Å². The summed E-state index contributed by atoms with van der Waals surface area (Å²) in [7, 11) is -1.82. The van der Waals surface area contributed by atoms with Gasteiger partial charge in [0.2, 0.25) is 0 Å². The second-order valence-corrected chi connectivity index (χ2v) is 14.3. The lowest BCUT2D eigenvalue weighted by molar-refractivity contribution is 0.112. The van der Waals surface area contributed by atoms with Crippen LogP contribution < -0.4 is 0 Å². The summed E-state index contributed by atoms with van der Waals surface area (Å²) in [5.41, 5.74) is 1.81. The summed E-state index contributed by atoms with van der Waals surface area (Å²) in [6, 6.07) is 0.583. The summed E-state index contributed by atoms with van der Waals surface area (Å²) < 4.78 is 12.3. The molecule has 0 spiro atoms. The standard InChI is InChI=1S/C20H39NO3Si/c1-8-19-18-11-9-10-17(21(18)20(22)24-19)12-13-23-25(14(2)3,15(4)5)16(6)7/h14-19H,8-13H2,1-7H3/t17-,18+,19-/m1/s1. The Morgan fingerprint density at radius 1 is 1.12 bits per heavy atom. The van der Waals surface area contributed by atoms with Crippen LogP contribution in [0.15, 0.2) is 0 Å². The molecule has 2 fully saturated rings. The summed E-state index contributed by atoms with van der Waals surface area (Å²) in [6.07, 6.45) is 5.23. The van der Waals surface area contributed by atoms with Crippen LogP contribution in [0.3, 0.4) is 0 Å². The van der Waals surface area contributed by atoms with Crippen molar-refractivity contribution in [2.75, 3.05) is 6.61 Å². The van der Waals surface area contributed by atoms with Gasteiger partial charge in [-0.25, -0.2) is 4.79 Å². The van der Waals surface area contributed by atoms with Crippen molar-refractivity contribution >= 4 is 14.4 Å². The molecule has 0 saturated carbocycles. The highest BCUT2D eigenvalue weighted by molar-refractivity contribution is 6.77. The zero-order chi connectivity index (χ0) is 18.8. The third-order valence-electron chi connectivity index (χ3n) is 6.59. The van der Waals surface area contributed by atoms with Crippen molar-refractivity contribution in [2.24, 2.45) is 0 Å². The van der Waals surface area contributed by atoms with E-state index < -0.39 is 8.32 Å². The second-order valence-electron chi connectivity index (χ2n) is 8.84. The van der Waals surface area contributed by atoms with Crippen LogP contribution in [0.25, 0.3) is 0 Å². The Bertz CT molecular complexity index is 430. The number of carbonyl (C=O) groups excluding carboxylic acids is 1. The van der Waals surface area contributed by atoms with Crippen molar-refractivity contribution in [1.82, 2.24) is 4.90 Å². The maximum Gasteiger partial charge on any atom is 0.410 e. The predicted molar refractivity (Wildman–Crippen MR) is 105 cm³/mol. The molecule has 2 aliphatic rings. The van der Waals surface area contributed by atoms with E-state index in [-0.39, 0.29) is 12.2 Å². The Morgan fingerprint density at radius 2 is 1.72 bits per heavy atom. The highest BCUT2D eigenvalue weighted by Gasteiger charge is 2.47. The first-order valence-electron chi connectivity index (χ1n) is 10.4. The van der Waals surface area contributed by atoms with Crippen LogP contribution in [-0.2, 0) is 9.16 Å². The molecule has 2 saturated heterocycles. The first kappa shape index (κ1) is 20.8. The highest BCUT2D eigenvalue weighted by atomic mass is 28.4. The summed E-state index contributed by atoms with van der Waals surface area (Å²) in [4.78, 5) is 14.4. The molecule has 0 aliphatic carbocycles. The third kappa shape index (κ3) is 3.92. The summed E-state index contributed by atoms with van der Waals surface area (Å²) >= 11 is 0. The molecule has 2 aliphatic heterocycles. The second kappa shape index (κ2) is 8.42. The van der Waals surface area contributed by atoms with Crippen LogP contribution >= 0.6 is 0 Å². The molecule has 0 N–H and O–H groups in total. The first-order chi connectivity index (χ1) is 11.8. The van der Waals surface area contributed by atoms with E-state index in [1.54, 1.807) is 0 Å². The molecule has 146 valence electrons. The molecule has 2 heterocycles. The molecule has 0 bridgehead atoms. The Labute approximate surface area is 155 Å². The van der Waals surface area contributed by atoms with E-state index in [4.69, 9.17) is 9.16 Å². The fourth-order valence-corrected chi connectivity index (χ4v) is 11.0. The minimum absolute atomic E-state index is 0.0895. The average Bonchev–Trinajstić information content (AvgIpc) is 2.87. The Kier molecular flexibility index (Phi) is 6.99. The maximum absolute atomic E-state index is 12.3. The molecule has 25 heavy (non-hydrogen) atoms. The van der Waals surface area contributed by atoms with E-state index in [0.29, 0.717) is 28.7 Å². The maximum atomic E-state index is 12.3. The van der Waals surface area contributed by atoms with Crippen molar-refractivity contribution in [1.29, 1.82) is 0 Å². The number of hydrogen-bond donors (Lipinski definition) is 0. The SMILES string of the molecule is CC[C@H]1OC(=O)N2[C@@H](CCO[Si](C(C)C)(C(C)C)C(C)C)CCC[C@@H]12. The number of fused-ring (bicyclic) bond motifs is 1. The monoisotopic (exact) mass is 369 g/mol. The fourth-order valence-electron chi connectivity index (χ4n) is 5.54. The molecule has 0 aromatic carbocycles. The normalized spacial score (nSPS) is 27.4. The molecule has 1 amide bonds. The van der Waals surface area contributed by atoms with Crippen LogP contribution in [0.1, 0.15) is 80.6 Å². The van der Waals surface area contributed by atoms with Gasteiger partial charge in [-0.15, -0.1) is 0 Å². The zero-order valence-corrected chi connectivity index (χ0v) is 18.4. The number of cyclic esters (lactones) is 1. The highest BCUT2D eigenvalue weighted by Crippen LogP contribution is 2.42. The van der Waals surface area contributed by atoms with Gasteiger partial charge in [0.1, 0.15) is 6.10 Å². The summed E-state index contributed by atoms with van der Waals surface area (Å²) in [6.45, 7) is 16.8. The van der Waals surface area contributed by atoms with Gasteiger partial charge < -0.3 is 9.16 Å².